The van der Waals surface area contributed by atoms with Crippen molar-refractivity contribution in [3.63, 3.8) is 0 Å². The van der Waals surface area contributed by atoms with Crippen molar-refractivity contribution in [3.8, 4) is 0 Å². The number of hydrogen-bond acceptors (Lipinski definition) is 20. The van der Waals surface area contributed by atoms with Gasteiger partial charge in [0.05, 0.1) is 39.6 Å². The topological polar surface area (TPSA) is 326 Å². The molecule has 0 saturated heterocycles. The molecule has 0 atom stereocenters. The third kappa shape index (κ3) is 208. The summed E-state index contributed by atoms with van der Waals surface area (Å²) in [6.07, 6.45) is 11.8. The first-order chi connectivity index (χ1) is 20.6. The van der Waals surface area contributed by atoms with Gasteiger partial charge in [-0.25, -0.2) is 0 Å². The molecule has 0 unspecified atom stereocenters. The van der Waals surface area contributed by atoms with Gasteiger partial charge in [-0.3, -0.25) is 0 Å². The Kier molecular flexibility index (Phi) is 156. The van der Waals surface area contributed by atoms with Crippen LogP contribution in [0.15, 0.2) is 0 Å². The largest absolute Gasteiger partial charge is 0.494 e. The smallest absolute Gasteiger partial charge is 0.412 e. The van der Waals surface area contributed by atoms with Crippen LogP contribution in [0.2, 0.25) is 12.1 Å². The molecule has 300 valence electrons. The Hall–Kier alpha value is 4.08. The van der Waals surface area contributed by atoms with E-state index in [1.165, 1.54) is 0 Å². The fourth-order valence-corrected chi connectivity index (χ4v) is 2.81. The first-order valence-electron chi connectivity index (χ1n) is 12.9. The molecular weight excluding hydrogens is 892 g/mol. The molecule has 0 heterocycles. The number of thioether (sulfide) groups is 6. The van der Waals surface area contributed by atoms with Crippen LogP contribution in [0.5, 0.6) is 0 Å². The summed E-state index contributed by atoms with van der Waals surface area (Å²) in [6, 6.07) is -0.153. The molecule has 0 radical (unpaired) electrons. The van der Waals surface area contributed by atoms with E-state index in [4.69, 9.17) is 70.9 Å². The molecule has 26 heteroatoms. The molecule has 0 aliphatic carbocycles. The first kappa shape index (κ1) is 84.6. The average molecular weight is 961 g/mol. The predicted octanol–water partition coefficient (Wildman–Crippen LogP) is -3.06. The predicted molar refractivity (Wildman–Crippen MR) is 209 cm³/mol. The van der Waals surface area contributed by atoms with E-state index in [9.17, 15) is 0 Å². The van der Waals surface area contributed by atoms with Crippen molar-refractivity contribution < 1.29 is 130 Å². The summed E-state index contributed by atoms with van der Waals surface area (Å²) < 4.78 is 0. The Bertz CT molecular complexity index is 350. The molecule has 0 fully saturated rings. The summed E-state index contributed by atoms with van der Waals surface area (Å²) in [6.45, 7) is 2.08. The number of aliphatic hydroxyl groups excluding tert-OH is 6. The first-order valence-corrected chi connectivity index (χ1v) is 25.4. The maximum atomic E-state index is 8.19. The minimum atomic E-state index is -3.78. The molecule has 0 aromatic rings. The van der Waals surface area contributed by atoms with E-state index in [0.717, 1.165) is 34.5 Å². The summed E-state index contributed by atoms with van der Waals surface area (Å²) in [5, 5.41) is 48.3. The van der Waals surface area contributed by atoms with Crippen molar-refractivity contribution in [3.05, 3.63) is 0 Å². The van der Waals surface area contributed by atoms with Crippen molar-refractivity contribution >= 4 is 88.2 Å². The second-order valence-electron chi connectivity index (χ2n) is 6.92. The van der Waals surface area contributed by atoms with E-state index in [2.05, 4.69) is 0 Å². The Morgan fingerprint density at radius 1 is 0.375 bits per heavy atom. The van der Waals surface area contributed by atoms with Gasteiger partial charge in [-0.05, 0) is 50.6 Å². The summed E-state index contributed by atoms with van der Waals surface area (Å²) in [4.78, 5) is 49.1. The number of rotatable bonds is 16. The van der Waals surface area contributed by atoms with Crippen molar-refractivity contribution in [2.24, 2.45) is 11.5 Å². The third-order valence-corrected chi connectivity index (χ3v) is 8.20. The number of nitrogens with two attached hydrogens (primary N) is 2. The fraction of sp³-hybridized carbons (Fsp3) is 1.00. The second-order valence-corrected chi connectivity index (χ2v) is 16.9. The molecule has 0 saturated carbocycles. The average Bonchev–Trinajstić information content (AvgIpc) is 2.93. The monoisotopic (exact) mass is 960 g/mol. The van der Waals surface area contributed by atoms with Crippen LogP contribution in [0.1, 0.15) is 0 Å². The molecule has 0 bridgehead atoms. The fourth-order valence-electron chi connectivity index (χ4n) is 0.935. The van der Waals surface area contributed by atoms with Gasteiger partial charge in [0.1, 0.15) is 0 Å². The van der Waals surface area contributed by atoms with Crippen LogP contribution < -0.4 is 11.5 Å². The SMILES string of the molecule is CSCCO.CSCCO.CSCCO.CSCCO.CSCCO.CSCCO.NCC[Si](O)(O)O.NCC[Si](O)(O)O.O.[Ti].[Ti].[Ti]. The molecule has 48 heavy (non-hydrogen) atoms. The normalized spacial score (nSPS) is 8.75. The molecular formula is C22H68N2O13S6Si2Ti3. The van der Waals surface area contributed by atoms with Crippen LogP contribution >= 0.6 is 70.6 Å². The van der Waals surface area contributed by atoms with Crippen molar-refractivity contribution in [2.45, 2.75) is 12.1 Å². The molecule has 0 spiro atoms. The van der Waals surface area contributed by atoms with E-state index in [-0.39, 0.29) is 95.8 Å². The van der Waals surface area contributed by atoms with Crippen molar-refractivity contribution in [1.29, 1.82) is 0 Å². The van der Waals surface area contributed by atoms with Gasteiger partial charge in [0.25, 0.3) is 0 Å². The minimum Gasteiger partial charge on any atom is -0.412 e. The quantitative estimate of drug-likeness (QED) is 0.0683. The molecule has 0 aliphatic heterocycles. The van der Waals surface area contributed by atoms with Crippen molar-refractivity contribution in [2.75, 3.05) is 125 Å². The summed E-state index contributed by atoms with van der Waals surface area (Å²) in [5.74, 6) is 5.17. The van der Waals surface area contributed by atoms with E-state index in [1.54, 1.807) is 70.6 Å². The standard InChI is InChI=1S/6C3H8OS.2C2H9NO3Si.H2O.3Ti/c6*1-5-3-2-4;2*3-1-2-7(4,5)6;;;;/h6*4H,2-3H2,1H3;2*4-6H,1-3H2;1H2;;;. The molecule has 0 rings (SSSR count). The van der Waals surface area contributed by atoms with Gasteiger partial charge < -0.3 is 76.4 Å². The Labute approximate surface area is 362 Å². The van der Waals surface area contributed by atoms with E-state index in [0.29, 0.717) is 39.6 Å². The van der Waals surface area contributed by atoms with Gasteiger partial charge in [0.2, 0.25) is 0 Å². The molecule has 0 aromatic carbocycles. The summed E-state index contributed by atoms with van der Waals surface area (Å²) >= 11 is 9.91. The van der Waals surface area contributed by atoms with Gasteiger partial charge in [-0.2, -0.15) is 70.6 Å². The molecule has 15 nitrogen and oxygen atoms in total. The third-order valence-electron chi connectivity index (χ3n) is 2.73. The van der Waals surface area contributed by atoms with Crippen LogP contribution in [0.3, 0.4) is 0 Å². The van der Waals surface area contributed by atoms with Gasteiger partial charge in [-0.1, -0.05) is 0 Å². The maximum absolute atomic E-state index is 8.19. The van der Waals surface area contributed by atoms with Crippen molar-refractivity contribution in [1.82, 2.24) is 0 Å². The van der Waals surface area contributed by atoms with Gasteiger partial charge in [0.15, 0.2) is 0 Å². The zero-order valence-corrected chi connectivity index (χ0v) is 40.9. The summed E-state index contributed by atoms with van der Waals surface area (Å²) in [7, 11) is -7.56. The Balaban J connectivity index is -0.0000000306. The van der Waals surface area contributed by atoms with Gasteiger partial charge in [0, 0.05) is 112 Å². The molecule has 0 aliphatic rings. The maximum Gasteiger partial charge on any atom is 0.494 e. The van der Waals surface area contributed by atoms with Crippen LogP contribution in [-0.2, 0) is 65.2 Å². The Morgan fingerprint density at radius 2 is 0.500 bits per heavy atom. The molecule has 18 N–H and O–H groups in total. The van der Waals surface area contributed by atoms with Crippen LogP contribution in [-0.4, -0.2) is 207 Å². The molecule has 0 amide bonds. The van der Waals surface area contributed by atoms with E-state index < -0.39 is 17.6 Å². The van der Waals surface area contributed by atoms with Crippen LogP contribution in [0, 0.1) is 0 Å². The van der Waals surface area contributed by atoms with Crippen LogP contribution in [0.25, 0.3) is 0 Å². The number of aliphatic hydroxyl groups is 6. The zero-order chi connectivity index (χ0) is 36.6. The zero-order valence-electron chi connectivity index (χ0n) is 29.3. The minimum absolute atomic E-state index is 0. The number of hydrogen-bond donors (Lipinski definition) is 14. The van der Waals surface area contributed by atoms with Gasteiger partial charge >= 0.3 is 17.6 Å². The Morgan fingerprint density at radius 3 is 0.500 bits per heavy atom. The molecule has 0 aromatic heterocycles. The van der Waals surface area contributed by atoms with Gasteiger partial charge in [-0.15, -0.1) is 0 Å². The van der Waals surface area contributed by atoms with E-state index in [1.807, 2.05) is 37.5 Å². The van der Waals surface area contributed by atoms with E-state index >= 15 is 0 Å². The van der Waals surface area contributed by atoms with Crippen LogP contribution in [0.4, 0.5) is 0 Å². The second kappa shape index (κ2) is 88.3. The summed E-state index contributed by atoms with van der Waals surface area (Å²) in [5.41, 5.74) is 9.74.